The number of aliphatic carboxylic acids is 1. The molecule has 0 aliphatic carbocycles. The summed E-state index contributed by atoms with van der Waals surface area (Å²) in [4.78, 5) is 19.5. The van der Waals surface area contributed by atoms with Gasteiger partial charge in [0.25, 0.3) is 0 Å². The van der Waals surface area contributed by atoms with E-state index in [9.17, 15) is 9.59 Å². The van der Waals surface area contributed by atoms with Gasteiger partial charge in [-0.05, 0) is 13.8 Å². The molecule has 0 aromatic heterocycles. The third kappa shape index (κ3) is 25.1. The Kier molecular flexibility index (Phi) is 9.15. The number of carboxylic acid groups (broad SMARTS) is 1. The Balaban J connectivity index is 0. The fourth-order valence-corrected chi connectivity index (χ4v) is 0.364. The largest absolute Gasteiger partial charge is 0.478 e. The number of carbonyl (C=O) groups is 2. The summed E-state index contributed by atoms with van der Waals surface area (Å²) in [6.07, 6.45) is 2.27. The van der Waals surface area contributed by atoms with Crippen molar-refractivity contribution in [3.63, 3.8) is 0 Å². The predicted octanol–water partition coefficient (Wildman–Crippen LogP) is 1.73. The molecule has 0 saturated carbocycles. The van der Waals surface area contributed by atoms with Crippen molar-refractivity contribution in [2.24, 2.45) is 0 Å². The first kappa shape index (κ1) is 14.0. The minimum atomic E-state index is -0.875. The summed E-state index contributed by atoms with van der Waals surface area (Å²) in [5.41, 5.74) is 0.813. The number of ether oxygens (including phenoxy) is 1. The molecular formula is C9H14O4. The molecule has 1 N–H and O–H groups in total. The molecule has 0 aromatic carbocycles. The third-order valence-electron chi connectivity index (χ3n) is 0.661. The van der Waals surface area contributed by atoms with E-state index >= 15 is 0 Å². The van der Waals surface area contributed by atoms with E-state index in [2.05, 4.69) is 11.3 Å². The first-order valence-electron chi connectivity index (χ1n) is 3.56. The summed E-state index contributed by atoms with van der Waals surface area (Å²) in [5, 5.41) is 8.01. The van der Waals surface area contributed by atoms with Crippen molar-refractivity contribution in [3.8, 4) is 0 Å². The summed E-state index contributed by atoms with van der Waals surface area (Å²) in [6, 6.07) is 0. The molecule has 4 heteroatoms. The summed E-state index contributed by atoms with van der Waals surface area (Å²) in [6.45, 7) is 7.97. The molecule has 0 spiro atoms. The Morgan fingerprint density at radius 3 is 1.77 bits per heavy atom. The molecule has 0 unspecified atom stereocenters. The molecule has 74 valence electrons. The molecule has 13 heavy (non-hydrogen) atoms. The molecule has 0 aromatic rings. The van der Waals surface area contributed by atoms with Gasteiger partial charge in [-0.2, -0.15) is 0 Å². The maximum absolute atomic E-state index is 9.75. The lowest BCUT2D eigenvalue weighted by Crippen LogP contribution is -1.87. The first-order valence-corrected chi connectivity index (χ1v) is 3.56. The molecule has 4 nitrogen and oxygen atoms in total. The number of carbonyl (C=O) groups excluding carboxylic acids is 1. The van der Waals surface area contributed by atoms with E-state index in [-0.39, 0.29) is 5.97 Å². The van der Waals surface area contributed by atoms with Crippen LogP contribution < -0.4 is 0 Å². The topological polar surface area (TPSA) is 63.6 Å². The van der Waals surface area contributed by atoms with Crippen LogP contribution in [-0.4, -0.2) is 17.0 Å². The normalized spacial score (nSPS) is 7.31. The van der Waals surface area contributed by atoms with Crippen molar-refractivity contribution < 1.29 is 19.4 Å². The first-order chi connectivity index (χ1) is 5.90. The predicted molar refractivity (Wildman–Crippen MR) is 49.0 cm³/mol. The second-order valence-corrected chi connectivity index (χ2v) is 2.34. The van der Waals surface area contributed by atoms with Crippen LogP contribution in [-0.2, 0) is 14.3 Å². The number of esters is 1. The van der Waals surface area contributed by atoms with E-state index in [1.54, 1.807) is 13.8 Å². The van der Waals surface area contributed by atoms with Crippen molar-refractivity contribution in [3.05, 3.63) is 24.5 Å². The number of allylic oxidation sites excluding steroid dienone is 1. The Labute approximate surface area is 77.5 Å². The highest BCUT2D eigenvalue weighted by Gasteiger charge is 1.83. The van der Waals surface area contributed by atoms with Gasteiger partial charge < -0.3 is 9.84 Å². The van der Waals surface area contributed by atoms with E-state index < -0.39 is 5.97 Å². The molecule has 0 atom stereocenters. The average molecular weight is 186 g/mol. The fraction of sp³-hybridized carbons (Fsp3) is 0.333. The second kappa shape index (κ2) is 8.52. The van der Waals surface area contributed by atoms with E-state index in [1.165, 1.54) is 13.0 Å². The standard InChI is InChI=1S/C5H8O2.C4H6O2/c1-4(2)3-5(6)7;1-3-6-4(2)5/h3H,1-2H3,(H,6,7);3H,1H2,2H3. The lowest BCUT2D eigenvalue weighted by Gasteiger charge is -1.83. The van der Waals surface area contributed by atoms with Gasteiger partial charge >= 0.3 is 11.9 Å². The smallest absolute Gasteiger partial charge is 0.328 e. The van der Waals surface area contributed by atoms with Crippen LogP contribution in [0, 0.1) is 0 Å². The molecule has 0 heterocycles. The van der Waals surface area contributed by atoms with Gasteiger partial charge in [-0.25, -0.2) is 4.79 Å². The van der Waals surface area contributed by atoms with Gasteiger partial charge in [0.2, 0.25) is 0 Å². The Morgan fingerprint density at radius 1 is 1.31 bits per heavy atom. The average Bonchev–Trinajstić information content (AvgIpc) is 1.83. The Bertz CT molecular complexity index is 212. The van der Waals surface area contributed by atoms with Gasteiger partial charge in [0.1, 0.15) is 0 Å². The van der Waals surface area contributed by atoms with Gasteiger partial charge in [0, 0.05) is 13.0 Å². The van der Waals surface area contributed by atoms with E-state index in [0.717, 1.165) is 11.8 Å². The lowest BCUT2D eigenvalue weighted by molar-refractivity contribution is -0.135. The van der Waals surface area contributed by atoms with Gasteiger partial charge in [-0.1, -0.05) is 12.2 Å². The Hall–Kier alpha value is -1.58. The summed E-state index contributed by atoms with van der Waals surface area (Å²) >= 11 is 0. The highest BCUT2D eigenvalue weighted by Crippen LogP contribution is 1.85. The number of hydrogen-bond donors (Lipinski definition) is 1. The molecule has 0 radical (unpaired) electrons. The minimum Gasteiger partial charge on any atom is -0.478 e. The summed E-state index contributed by atoms with van der Waals surface area (Å²) in [5.74, 6) is -1.20. The van der Waals surface area contributed by atoms with Crippen LogP contribution in [0.4, 0.5) is 0 Å². The van der Waals surface area contributed by atoms with Crippen LogP contribution in [0.3, 0.4) is 0 Å². The molecule has 0 amide bonds. The molecule has 0 aliphatic rings. The minimum absolute atomic E-state index is 0.329. The molecular weight excluding hydrogens is 172 g/mol. The highest BCUT2D eigenvalue weighted by molar-refractivity contribution is 5.80. The monoisotopic (exact) mass is 186 g/mol. The fourth-order valence-electron chi connectivity index (χ4n) is 0.364. The van der Waals surface area contributed by atoms with Gasteiger partial charge in [-0.3, -0.25) is 4.79 Å². The van der Waals surface area contributed by atoms with E-state index in [1.807, 2.05) is 0 Å². The van der Waals surface area contributed by atoms with Crippen molar-refractivity contribution in [2.75, 3.05) is 0 Å². The summed E-state index contributed by atoms with van der Waals surface area (Å²) < 4.78 is 4.17. The lowest BCUT2D eigenvalue weighted by atomic mass is 10.3. The molecule has 0 fully saturated rings. The van der Waals surface area contributed by atoms with Crippen LogP contribution >= 0.6 is 0 Å². The van der Waals surface area contributed by atoms with E-state index in [4.69, 9.17) is 5.11 Å². The van der Waals surface area contributed by atoms with Crippen molar-refractivity contribution >= 4 is 11.9 Å². The van der Waals surface area contributed by atoms with Crippen molar-refractivity contribution in [1.82, 2.24) is 0 Å². The number of carboxylic acids is 1. The number of hydrogen-bond acceptors (Lipinski definition) is 3. The zero-order valence-corrected chi connectivity index (χ0v) is 8.03. The maximum Gasteiger partial charge on any atom is 0.328 e. The van der Waals surface area contributed by atoms with E-state index in [0.29, 0.717) is 0 Å². The number of rotatable bonds is 2. The molecule has 0 rings (SSSR count). The van der Waals surface area contributed by atoms with Gasteiger partial charge in [-0.15, -0.1) is 0 Å². The van der Waals surface area contributed by atoms with Crippen LogP contribution in [0.25, 0.3) is 0 Å². The Morgan fingerprint density at radius 2 is 1.77 bits per heavy atom. The molecule has 0 aliphatic heterocycles. The van der Waals surface area contributed by atoms with Gasteiger partial charge in [0.05, 0.1) is 6.26 Å². The van der Waals surface area contributed by atoms with Crippen LogP contribution in [0.2, 0.25) is 0 Å². The van der Waals surface area contributed by atoms with Gasteiger partial charge in [0.15, 0.2) is 0 Å². The SMILES string of the molecule is C=COC(C)=O.CC(C)=CC(=O)O. The second-order valence-electron chi connectivity index (χ2n) is 2.34. The van der Waals surface area contributed by atoms with Crippen LogP contribution in [0.1, 0.15) is 20.8 Å². The van der Waals surface area contributed by atoms with Crippen LogP contribution in [0.15, 0.2) is 24.5 Å². The third-order valence-corrected chi connectivity index (χ3v) is 0.661. The quantitative estimate of drug-likeness (QED) is 0.405. The zero-order valence-electron chi connectivity index (χ0n) is 8.03. The zero-order chi connectivity index (χ0) is 10.9. The van der Waals surface area contributed by atoms with Crippen LogP contribution in [0.5, 0.6) is 0 Å². The van der Waals surface area contributed by atoms with Crippen molar-refractivity contribution in [1.29, 1.82) is 0 Å². The molecule has 0 bridgehead atoms. The van der Waals surface area contributed by atoms with Crippen molar-refractivity contribution in [2.45, 2.75) is 20.8 Å². The highest BCUT2D eigenvalue weighted by atomic mass is 16.5. The molecule has 0 saturated heterocycles. The maximum atomic E-state index is 9.75. The summed E-state index contributed by atoms with van der Waals surface area (Å²) in [7, 11) is 0.